The monoisotopic (exact) mass is 261 g/mol. The summed E-state index contributed by atoms with van der Waals surface area (Å²) in [5, 5.41) is 3.05. The summed E-state index contributed by atoms with van der Waals surface area (Å²) in [4.78, 5) is 15.6. The normalized spacial score (nSPS) is 8.44. The maximum absolute atomic E-state index is 11.9. The molecule has 0 unspecified atom stereocenters. The summed E-state index contributed by atoms with van der Waals surface area (Å²) in [7, 11) is 1.90. The average Bonchev–Trinajstić information content (AvgIpc) is 2.45. The highest BCUT2D eigenvalue weighted by Gasteiger charge is 2.15. The first-order valence-corrected chi connectivity index (χ1v) is 7.39. The molecule has 18 heavy (non-hydrogen) atoms. The van der Waals surface area contributed by atoms with Crippen molar-refractivity contribution in [2.45, 2.75) is 48.5 Å². The van der Waals surface area contributed by atoms with Gasteiger partial charge in [0.1, 0.15) is 0 Å². The molecule has 0 aromatic carbocycles. The van der Waals surface area contributed by atoms with Crippen LogP contribution in [0, 0.1) is 0 Å². The second kappa shape index (κ2) is 18.6. The first kappa shape index (κ1) is 22.4. The topological polar surface area (TPSA) is 35.6 Å². The Hall–Kier alpha value is -0.770. The largest absolute Gasteiger partial charge is 0.325 e. The van der Waals surface area contributed by atoms with Crippen LogP contribution in [-0.4, -0.2) is 55.6 Å². The lowest BCUT2D eigenvalue weighted by Gasteiger charge is -2.28. The highest BCUT2D eigenvalue weighted by atomic mass is 16.2. The van der Waals surface area contributed by atoms with E-state index in [2.05, 4.69) is 5.32 Å². The Kier molecular flexibility index (Phi) is 23.1. The third-order valence-electron chi connectivity index (χ3n) is 2.32. The van der Waals surface area contributed by atoms with Crippen LogP contribution in [-0.2, 0) is 0 Å². The summed E-state index contributed by atoms with van der Waals surface area (Å²) in [6.45, 7) is 18.0. The van der Waals surface area contributed by atoms with Crippen molar-refractivity contribution in [1.82, 2.24) is 15.1 Å². The summed E-state index contributed by atoms with van der Waals surface area (Å²) in [6.07, 6.45) is 0. The zero-order valence-electron chi connectivity index (χ0n) is 13.8. The maximum atomic E-state index is 11.9. The molecule has 1 N–H and O–H groups in total. The van der Waals surface area contributed by atoms with E-state index in [-0.39, 0.29) is 6.03 Å². The van der Waals surface area contributed by atoms with E-state index in [0.717, 1.165) is 32.7 Å². The molecule has 4 nitrogen and oxygen atoms in total. The molecule has 0 saturated heterocycles. The van der Waals surface area contributed by atoms with Gasteiger partial charge in [-0.25, -0.2) is 4.79 Å². The van der Waals surface area contributed by atoms with Crippen LogP contribution in [0.1, 0.15) is 48.5 Å². The summed E-state index contributed by atoms with van der Waals surface area (Å²) in [5.41, 5.74) is 0. The molecule has 0 saturated carbocycles. The van der Waals surface area contributed by atoms with Gasteiger partial charge in [-0.05, 0) is 27.8 Å². The molecule has 4 heteroatoms. The molecule has 0 heterocycles. The van der Waals surface area contributed by atoms with Crippen molar-refractivity contribution < 1.29 is 4.79 Å². The molecule has 112 valence electrons. The summed E-state index contributed by atoms with van der Waals surface area (Å²) >= 11 is 0. The zero-order valence-corrected chi connectivity index (χ0v) is 13.8. The quantitative estimate of drug-likeness (QED) is 0.797. The zero-order chi connectivity index (χ0) is 15.0. The number of likely N-dealkylation sites (N-methyl/N-ethyl adjacent to an activating group) is 2. The number of hydrogen-bond donors (Lipinski definition) is 1. The Labute approximate surface area is 115 Å². The Morgan fingerprint density at radius 3 is 1.56 bits per heavy atom. The van der Waals surface area contributed by atoms with Gasteiger partial charge in [-0.15, -0.1) is 0 Å². The van der Waals surface area contributed by atoms with Crippen molar-refractivity contribution in [3.8, 4) is 0 Å². The standard InChI is InChI=1S/C10H23N3O.2C2H6/c1-5-12(6-2)10(14)13(7-3)9-8-11-4;2*1-2/h11H,5-9H2,1-4H3;2*1-2H3. The van der Waals surface area contributed by atoms with Crippen LogP contribution in [0.4, 0.5) is 4.79 Å². The molecule has 0 bridgehead atoms. The molecule has 0 fully saturated rings. The lowest BCUT2D eigenvalue weighted by Crippen LogP contribution is -2.45. The van der Waals surface area contributed by atoms with Crippen molar-refractivity contribution in [2.24, 2.45) is 0 Å². The van der Waals surface area contributed by atoms with E-state index in [1.165, 1.54) is 0 Å². The van der Waals surface area contributed by atoms with Crippen molar-refractivity contribution >= 4 is 6.03 Å². The number of hydrogen-bond acceptors (Lipinski definition) is 2. The fourth-order valence-electron chi connectivity index (χ4n) is 1.33. The molecule has 0 spiro atoms. The average molecular weight is 261 g/mol. The molecule has 0 rings (SSSR count). The second-order valence-corrected chi connectivity index (χ2v) is 3.14. The van der Waals surface area contributed by atoms with E-state index >= 15 is 0 Å². The SMILES string of the molecule is CC.CC.CCN(CC)C(=O)N(CC)CCNC. The van der Waals surface area contributed by atoms with Gasteiger partial charge in [0.15, 0.2) is 0 Å². The van der Waals surface area contributed by atoms with Crippen molar-refractivity contribution in [3.63, 3.8) is 0 Å². The van der Waals surface area contributed by atoms with Crippen LogP contribution in [0.25, 0.3) is 0 Å². The van der Waals surface area contributed by atoms with Crippen LogP contribution in [0.3, 0.4) is 0 Å². The molecular weight excluding hydrogens is 226 g/mol. The van der Waals surface area contributed by atoms with Gasteiger partial charge in [0, 0.05) is 32.7 Å². The maximum Gasteiger partial charge on any atom is 0.320 e. The predicted molar refractivity (Wildman–Crippen MR) is 82.2 cm³/mol. The molecule has 0 aromatic heterocycles. The Balaban J connectivity index is -0.000000506. The highest BCUT2D eigenvalue weighted by molar-refractivity contribution is 5.74. The third-order valence-corrected chi connectivity index (χ3v) is 2.32. The summed E-state index contributed by atoms with van der Waals surface area (Å²) in [6, 6.07) is 0.146. The third kappa shape index (κ3) is 10.4. The molecule has 0 radical (unpaired) electrons. The van der Waals surface area contributed by atoms with Gasteiger partial charge in [-0.3, -0.25) is 0 Å². The molecule has 0 atom stereocenters. The first-order chi connectivity index (χ1) is 8.71. The van der Waals surface area contributed by atoms with Crippen LogP contribution in [0.15, 0.2) is 0 Å². The number of urea groups is 1. The highest BCUT2D eigenvalue weighted by Crippen LogP contribution is 1.98. The van der Waals surface area contributed by atoms with Crippen molar-refractivity contribution in [2.75, 3.05) is 39.8 Å². The number of carbonyl (C=O) groups is 1. The molecule has 0 aliphatic rings. The fraction of sp³-hybridized carbons (Fsp3) is 0.929. The smallest absolute Gasteiger partial charge is 0.320 e. The van der Waals surface area contributed by atoms with E-state index < -0.39 is 0 Å². The number of rotatable bonds is 6. The number of nitrogens with one attached hydrogen (secondary N) is 1. The number of nitrogens with zero attached hydrogens (tertiary/aromatic N) is 2. The van der Waals surface area contributed by atoms with Gasteiger partial charge >= 0.3 is 6.03 Å². The molecule has 0 aliphatic heterocycles. The number of carbonyl (C=O) groups excluding carboxylic acids is 1. The summed E-state index contributed by atoms with van der Waals surface area (Å²) < 4.78 is 0. The van der Waals surface area contributed by atoms with E-state index in [1.54, 1.807) is 0 Å². The van der Waals surface area contributed by atoms with E-state index in [1.807, 2.05) is 65.3 Å². The van der Waals surface area contributed by atoms with E-state index in [9.17, 15) is 4.79 Å². The van der Waals surface area contributed by atoms with E-state index in [0.29, 0.717) is 0 Å². The van der Waals surface area contributed by atoms with Gasteiger partial charge in [0.2, 0.25) is 0 Å². The van der Waals surface area contributed by atoms with Gasteiger partial charge in [-0.2, -0.15) is 0 Å². The first-order valence-electron chi connectivity index (χ1n) is 7.39. The van der Waals surface area contributed by atoms with Crippen molar-refractivity contribution in [3.05, 3.63) is 0 Å². The van der Waals surface area contributed by atoms with Gasteiger partial charge in [-0.1, -0.05) is 27.7 Å². The van der Waals surface area contributed by atoms with Gasteiger partial charge in [0.05, 0.1) is 0 Å². The molecular formula is C14H35N3O. The van der Waals surface area contributed by atoms with Crippen molar-refractivity contribution in [1.29, 1.82) is 0 Å². The Morgan fingerprint density at radius 1 is 0.889 bits per heavy atom. The molecule has 0 aromatic rings. The van der Waals surface area contributed by atoms with Crippen LogP contribution < -0.4 is 5.32 Å². The minimum Gasteiger partial charge on any atom is -0.325 e. The lowest BCUT2D eigenvalue weighted by atomic mass is 10.4. The second-order valence-electron chi connectivity index (χ2n) is 3.14. The molecule has 2 amide bonds. The minimum atomic E-state index is 0.146. The van der Waals surface area contributed by atoms with Gasteiger partial charge in [0.25, 0.3) is 0 Å². The minimum absolute atomic E-state index is 0.146. The number of amides is 2. The fourth-order valence-corrected chi connectivity index (χ4v) is 1.33. The molecule has 0 aliphatic carbocycles. The Morgan fingerprint density at radius 2 is 1.28 bits per heavy atom. The lowest BCUT2D eigenvalue weighted by molar-refractivity contribution is 0.160. The van der Waals surface area contributed by atoms with Crippen LogP contribution in [0.2, 0.25) is 0 Å². The Bertz CT molecular complexity index is 159. The van der Waals surface area contributed by atoms with Crippen LogP contribution in [0.5, 0.6) is 0 Å². The van der Waals surface area contributed by atoms with Crippen LogP contribution >= 0.6 is 0 Å². The summed E-state index contributed by atoms with van der Waals surface area (Å²) in [5.74, 6) is 0. The van der Waals surface area contributed by atoms with E-state index in [4.69, 9.17) is 0 Å². The van der Waals surface area contributed by atoms with Gasteiger partial charge < -0.3 is 15.1 Å². The predicted octanol–water partition coefficient (Wildman–Crippen LogP) is 3.04.